The molecule has 2 rings (SSSR count). The number of carboxylic acid groups (broad SMARTS) is 1. The zero-order valence-electron chi connectivity index (χ0n) is 14.0. The van der Waals surface area contributed by atoms with E-state index < -0.39 is 27.9 Å². The predicted octanol–water partition coefficient (Wildman–Crippen LogP) is 1.48. The molecule has 8 heteroatoms. The normalized spacial score (nSPS) is 20.9. The molecule has 0 aliphatic carbocycles. The van der Waals surface area contributed by atoms with Gasteiger partial charge in [-0.05, 0) is 43.0 Å². The second kappa shape index (κ2) is 7.79. The van der Waals surface area contributed by atoms with Crippen LogP contribution in [0.2, 0.25) is 0 Å². The highest BCUT2D eigenvalue weighted by Crippen LogP contribution is 2.24. The fourth-order valence-corrected chi connectivity index (χ4v) is 3.81. The number of amides is 1. The summed E-state index contributed by atoms with van der Waals surface area (Å²) in [6.07, 6.45) is 2.59. The third-order valence-corrected chi connectivity index (χ3v) is 5.68. The van der Waals surface area contributed by atoms with Gasteiger partial charge in [-0.2, -0.15) is 0 Å². The van der Waals surface area contributed by atoms with Gasteiger partial charge in [0.2, 0.25) is 10.0 Å². The summed E-state index contributed by atoms with van der Waals surface area (Å²) in [5.41, 5.74) is 0.267. The number of carboxylic acids is 1. The first-order valence-corrected chi connectivity index (χ1v) is 9.49. The van der Waals surface area contributed by atoms with Gasteiger partial charge in [-0.15, -0.1) is 6.58 Å². The molecule has 2 N–H and O–H groups in total. The average molecular weight is 366 g/mol. The Morgan fingerprint density at radius 3 is 2.56 bits per heavy atom. The lowest BCUT2D eigenvalue weighted by Crippen LogP contribution is -2.49. The Labute approximate surface area is 147 Å². The Balaban J connectivity index is 2.20. The minimum Gasteiger partial charge on any atom is -0.480 e. The summed E-state index contributed by atoms with van der Waals surface area (Å²) < 4.78 is 26.4. The van der Waals surface area contributed by atoms with Crippen LogP contribution in [0.4, 0.5) is 0 Å². The summed E-state index contributed by atoms with van der Waals surface area (Å²) >= 11 is 0. The van der Waals surface area contributed by atoms with Gasteiger partial charge in [0.25, 0.3) is 5.91 Å². The van der Waals surface area contributed by atoms with Crippen LogP contribution < -0.4 is 4.72 Å². The topological polar surface area (TPSA) is 104 Å². The van der Waals surface area contributed by atoms with Gasteiger partial charge in [-0.3, -0.25) is 4.79 Å². The molecule has 7 nitrogen and oxygen atoms in total. The van der Waals surface area contributed by atoms with E-state index in [1.165, 1.54) is 35.2 Å². The number of benzene rings is 1. The maximum atomic E-state index is 12.6. The van der Waals surface area contributed by atoms with E-state index in [1.54, 1.807) is 0 Å². The first-order valence-electron chi connectivity index (χ1n) is 8.00. The zero-order valence-corrected chi connectivity index (χ0v) is 14.8. The first-order chi connectivity index (χ1) is 11.8. The molecule has 1 saturated heterocycles. The summed E-state index contributed by atoms with van der Waals surface area (Å²) in [4.78, 5) is 25.5. The molecule has 0 bridgehead atoms. The zero-order chi connectivity index (χ0) is 18.6. The minimum atomic E-state index is -3.66. The fraction of sp³-hybridized carbons (Fsp3) is 0.412. The van der Waals surface area contributed by atoms with Crippen LogP contribution in [0, 0.1) is 5.92 Å². The molecule has 1 amide bonds. The van der Waals surface area contributed by atoms with Gasteiger partial charge in [0.1, 0.15) is 6.04 Å². The highest BCUT2D eigenvalue weighted by molar-refractivity contribution is 7.89. The quantitative estimate of drug-likeness (QED) is 0.742. The van der Waals surface area contributed by atoms with E-state index in [2.05, 4.69) is 11.3 Å². The molecule has 0 saturated carbocycles. The number of nitrogens with zero attached hydrogens (tertiary/aromatic N) is 1. The molecule has 1 aliphatic rings. The highest BCUT2D eigenvalue weighted by atomic mass is 32.2. The fourth-order valence-electron chi connectivity index (χ4n) is 2.81. The monoisotopic (exact) mass is 366 g/mol. The van der Waals surface area contributed by atoms with E-state index in [0.29, 0.717) is 13.0 Å². The van der Waals surface area contributed by atoms with Crippen molar-refractivity contribution >= 4 is 21.9 Å². The van der Waals surface area contributed by atoms with E-state index >= 15 is 0 Å². The number of hydrogen-bond acceptors (Lipinski definition) is 4. The standard InChI is InChI=1S/C17H22N2O5S/c1-3-9-18-25(23,24)14-6-4-13(5-7-14)16(20)19-10-8-12(2)11-15(19)17(21)22/h3-7,12,15,18H,1,8-11H2,2H3,(H,21,22). The number of carbonyl (C=O) groups excluding carboxylic acids is 1. The summed E-state index contributed by atoms with van der Waals surface area (Å²) in [6.45, 7) is 5.89. The van der Waals surface area contributed by atoms with Crippen molar-refractivity contribution in [2.24, 2.45) is 5.92 Å². The second-order valence-corrected chi connectivity index (χ2v) is 7.91. The SMILES string of the molecule is C=CCNS(=O)(=O)c1ccc(C(=O)N2CCC(C)CC2C(=O)O)cc1. The van der Waals surface area contributed by atoms with Crippen molar-refractivity contribution in [3.8, 4) is 0 Å². The average Bonchev–Trinajstić information content (AvgIpc) is 2.59. The molecular weight excluding hydrogens is 344 g/mol. The van der Waals surface area contributed by atoms with E-state index in [1.807, 2.05) is 6.92 Å². The first kappa shape index (κ1) is 19.1. The summed E-state index contributed by atoms with van der Waals surface area (Å²) in [6, 6.07) is 4.62. The number of rotatable bonds is 6. The van der Waals surface area contributed by atoms with Crippen molar-refractivity contribution in [2.75, 3.05) is 13.1 Å². The van der Waals surface area contributed by atoms with Crippen molar-refractivity contribution in [1.29, 1.82) is 0 Å². The lowest BCUT2D eigenvalue weighted by Gasteiger charge is -2.36. The number of aliphatic carboxylic acids is 1. The number of hydrogen-bond donors (Lipinski definition) is 2. The molecule has 0 aromatic heterocycles. The van der Waals surface area contributed by atoms with Crippen molar-refractivity contribution < 1.29 is 23.1 Å². The molecule has 1 aromatic rings. The van der Waals surface area contributed by atoms with E-state index in [4.69, 9.17) is 0 Å². The largest absolute Gasteiger partial charge is 0.480 e. The minimum absolute atomic E-state index is 0.0351. The third-order valence-electron chi connectivity index (χ3n) is 4.24. The Hall–Kier alpha value is -2.19. The van der Waals surface area contributed by atoms with Gasteiger partial charge >= 0.3 is 5.97 Å². The highest BCUT2D eigenvalue weighted by Gasteiger charge is 2.35. The summed E-state index contributed by atoms with van der Waals surface area (Å²) in [7, 11) is -3.66. The van der Waals surface area contributed by atoms with E-state index in [9.17, 15) is 23.1 Å². The number of sulfonamides is 1. The number of nitrogens with one attached hydrogen (secondary N) is 1. The maximum Gasteiger partial charge on any atom is 0.326 e. The van der Waals surface area contributed by atoms with Crippen molar-refractivity contribution in [3.05, 3.63) is 42.5 Å². The molecule has 136 valence electrons. The van der Waals surface area contributed by atoms with Crippen LogP contribution >= 0.6 is 0 Å². The number of piperidine rings is 1. The molecule has 25 heavy (non-hydrogen) atoms. The Morgan fingerprint density at radius 2 is 2.00 bits per heavy atom. The summed E-state index contributed by atoms with van der Waals surface area (Å²) in [5, 5.41) is 9.37. The molecule has 1 aromatic carbocycles. The lowest BCUT2D eigenvalue weighted by molar-refractivity contribution is -0.144. The molecule has 0 spiro atoms. The van der Waals surface area contributed by atoms with E-state index in [0.717, 1.165) is 6.42 Å². The Bertz CT molecular complexity index is 758. The Kier molecular flexibility index (Phi) is 5.97. The van der Waals surface area contributed by atoms with Gasteiger partial charge in [-0.25, -0.2) is 17.9 Å². The third kappa shape index (κ3) is 4.46. The molecule has 1 aliphatic heterocycles. The number of likely N-dealkylation sites (tertiary alicyclic amines) is 1. The molecule has 2 unspecified atom stereocenters. The number of carbonyl (C=O) groups is 2. The van der Waals surface area contributed by atoms with Crippen LogP contribution in [0.1, 0.15) is 30.1 Å². The van der Waals surface area contributed by atoms with Crippen LogP contribution in [0.3, 0.4) is 0 Å². The van der Waals surface area contributed by atoms with Crippen LogP contribution in [0.5, 0.6) is 0 Å². The molecule has 1 heterocycles. The summed E-state index contributed by atoms with van der Waals surface area (Å²) in [5.74, 6) is -1.18. The van der Waals surface area contributed by atoms with Crippen molar-refractivity contribution in [1.82, 2.24) is 9.62 Å². The maximum absolute atomic E-state index is 12.6. The van der Waals surface area contributed by atoms with E-state index in [-0.39, 0.29) is 22.9 Å². The van der Waals surface area contributed by atoms with Gasteiger partial charge in [0.05, 0.1) is 4.90 Å². The Morgan fingerprint density at radius 1 is 1.36 bits per heavy atom. The van der Waals surface area contributed by atoms with Crippen LogP contribution in [0.25, 0.3) is 0 Å². The molecule has 0 radical (unpaired) electrons. The van der Waals surface area contributed by atoms with Crippen LogP contribution in [-0.4, -0.2) is 49.4 Å². The lowest BCUT2D eigenvalue weighted by atomic mass is 9.92. The van der Waals surface area contributed by atoms with Gasteiger partial charge in [-0.1, -0.05) is 13.0 Å². The van der Waals surface area contributed by atoms with Crippen molar-refractivity contribution in [2.45, 2.75) is 30.7 Å². The van der Waals surface area contributed by atoms with Crippen LogP contribution in [-0.2, 0) is 14.8 Å². The molecular formula is C17H22N2O5S. The smallest absolute Gasteiger partial charge is 0.326 e. The predicted molar refractivity (Wildman–Crippen MR) is 92.7 cm³/mol. The molecule has 2 atom stereocenters. The van der Waals surface area contributed by atoms with Gasteiger partial charge in [0.15, 0.2) is 0 Å². The second-order valence-electron chi connectivity index (χ2n) is 6.15. The van der Waals surface area contributed by atoms with Crippen LogP contribution in [0.15, 0.2) is 41.8 Å². The van der Waals surface area contributed by atoms with Crippen molar-refractivity contribution in [3.63, 3.8) is 0 Å². The van der Waals surface area contributed by atoms with Gasteiger partial charge in [0, 0.05) is 18.7 Å². The van der Waals surface area contributed by atoms with Gasteiger partial charge < -0.3 is 10.0 Å². The molecule has 1 fully saturated rings.